The number of hydrazone groups is 1. The summed E-state index contributed by atoms with van der Waals surface area (Å²) in [5, 5.41) is 7.77. The maximum Gasteiger partial charge on any atom is 0.240 e. The molecule has 0 saturated heterocycles. The topological polar surface area (TPSA) is 86.3 Å². The van der Waals surface area contributed by atoms with Crippen molar-refractivity contribution >= 4 is 34.6 Å². The quantitative estimate of drug-likeness (QED) is 0.471. The van der Waals surface area contributed by atoms with Crippen molar-refractivity contribution in [3.8, 4) is 0 Å². The van der Waals surface area contributed by atoms with Crippen molar-refractivity contribution in [1.29, 1.82) is 0 Å². The van der Waals surface area contributed by atoms with E-state index in [-0.39, 0.29) is 24.7 Å². The van der Waals surface area contributed by atoms with E-state index < -0.39 is 0 Å². The number of amides is 2. The molecular formula is C20H20N4O2. The number of benzene rings is 2. The zero-order chi connectivity index (χ0) is 18.4. The predicted octanol–water partition coefficient (Wildman–Crippen LogP) is 3.35. The highest BCUT2D eigenvalue weighted by Gasteiger charge is 2.07. The Morgan fingerprint density at radius 3 is 2.73 bits per heavy atom. The van der Waals surface area contributed by atoms with Crippen LogP contribution in [-0.2, 0) is 9.59 Å². The minimum Gasteiger partial charge on any atom is -0.361 e. The number of anilines is 1. The first-order chi connectivity index (χ1) is 12.6. The number of carbonyl (C=O) groups is 2. The number of aryl methyl sites for hydroxylation is 1. The summed E-state index contributed by atoms with van der Waals surface area (Å²) in [4.78, 5) is 26.9. The molecule has 0 spiro atoms. The number of rotatable bonds is 6. The summed E-state index contributed by atoms with van der Waals surface area (Å²) in [6.07, 6.45) is 3.59. The number of H-pyrrole nitrogens is 1. The van der Waals surface area contributed by atoms with E-state index in [2.05, 4.69) is 20.8 Å². The molecule has 0 bridgehead atoms. The van der Waals surface area contributed by atoms with Gasteiger partial charge in [-0.2, -0.15) is 5.10 Å². The maximum atomic E-state index is 11.9. The second kappa shape index (κ2) is 8.11. The molecule has 0 fully saturated rings. The van der Waals surface area contributed by atoms with Gasteiger partial charge in [0.2, 0.25) is 11.8 Å². The van der Waals surface area contributed by atoms with Crippen molar-refractivity contribution in [1.82, 2.24) is 10.4 Å². The summed E-state index contributed by atoms with van der Waals surface area (Å²) >= 11 is 0. The first-order valence-corrected chi connectivity index (χ1v) is 8.36. The molecule has 0 aliphatic carbocycles. The Morgan fingerprint density at radius 2 is 1.88 bits per heavy atom. The van der Waals surface area contributed by atoms with Crippen LogP contribution in [0.15, 0.2) is 59.8 Å². The van der Waals surface area contributed by atoms with Crippen LogP contribution in [0.25, 0.3) is 10.9 Å². The lowest BCUT2D eigenvalue weighted by atomic mass is 10.2. The van der Waals surface area contributed by atoms with E-state index in [4.69, 9.17) is 0 Å². The van der Waals surface area contributed by atoms with Crippen molar-refractivity contribution in [2.75, 3.05) is 5.32 Å². The molecule has 1 heterocycles. The molecule has 2 amide bonds. The van der Waals surface area contributed by atoms with Gasteiger partial charge in [0.1, 0.15) is 0 Å². The molecule has 0 aliphatic heterocycles. The molecule has 3 rings (SSSR count). The van der Waals surface area contributed by atoms with Crippen LogP contribution >= 0.6 is 0 Å². The lowest BCUT2D eigenvalue weighted by molar-refractivity contribution is -0.124. The zero-order valence-corrected chi connectivity index (χ0v) is 14.5. The normalized spacial score (nSPS) is 11.0. The Balaban J connectivity index is 1.46. The standard InChI is InChI=1S/C20H20N4O2/c1-14-5-4-6-16(11-14)23-19(25)9-10-20(26)24-22-13-15-12-21-18-8-3-2-7-17(15)18/h2-8,11-13,21H,9-10H2,1H3,(H,23,25)(H,24,26)/b22-13+. The van der Waals surface area contributed by atoms with Gasteiger partial charge in [0.15, 0.2) is 0 Å². The molecule has 0 atom stereocenters. The van der Waals surface area contributed by atoms with E-state index >= 15 is 0 Å². The summed E-state index contributed by atoms with van der Waals surface area (Å²) in [6.45, 7) is 1.95. The third-order valence-corrected chi connectivity index (χ3v) is 3.90. The molecule has 0 unspecified atom stereocenters. The second-order valence-corrected chi connectivity index (χ2v) is 6.00. The highest BCUT2D eigenvalue weighted by molar-refractivity contribution is 5.99. The van der Waals surface area contributed by atoms with Gasteiger partial charge in [-0.1, -0.05) is 30.3 Å². The molecule has 26 heavy (non-hydrogen) atoms. The van der Waals surface area contributed by atoms with Crippen LogP contribution in [0.5, 0.6) is 0 Å². The Hall–Kier alpha value is -3.41. The number of para-hydroxylation sites is 1. The highest BCUT2D eigenvalue weighted by atomic mass is 16.2. The number of hydrogen-bond acceptors (Lipinski definition) is 3. The van der Waals surface area contributed by atoms with Gasteiger partial charge < -0.3 is 10.3 Å². The van der Waals surface area contributed by atoms with Crippen LogP contribution in [0, 0.1) is 6.92 Å². The van der Waals surface area contributed by atoms with E-state index in [1.54, 1.807) is 6.21 Å². The fourth-order valence-electron chi connectivity index (χ4n) is 2.60. The molecule has 132 valence electrons. The van der Waals surface area contributed by atoms with E-state index in [9.17, 15) is 9.59 Å². The highest BCUT2D eigenvalue weighted by Crippen LogP contribution is 2.15. The minimum absolute atomic E-state index is 0.0723. The van der Waals surface area contributed by atoms with Crippen LogP contribution in [0.3, 0.4) is 0 Å². The maximum absolute atomic E-state index is 11.9. The summed E-state index contributed by atoms with van der Waals surface area (Å²) in [6, 6.07) is 15.4. The van der Waals surface area contributed by atoms with Crippen LogP contribution in [0.1, 0.15) is 24.0 Å². The molecule has 3 N–H and O–H groups in total. The Labute approximate surface area is 151 Å². The van der Waals surface area contributed by atoms with Gasteiger partial charge in [0, 0.05) is 41.2 Å². The second-order valence-electron chi connectivity index (χ2n) is 6.00. The fraction of sp³-hybridized carbons (Fsp3) is 0.150. The van der Waals surface area contributed by atoms with Crippen LogP contribution in [0.4, 0.5) is 5.69 Å². The first-order valence-electron chi connectivity index (χ1n) is 8.36. The van der Waals surface area contributed by atoms with Crippen LogP contribution in [-0.4, -0.2) is 23.0 Å². The SMILES string of the molecule is Cc1cccc(NC(=O)CCC(=O)N/N=C/c2c[nH]c3ccccc23)c1. The van der Waals surface area contributed by atoms with Crippen molar-refractivity contribution < 1.29 is 9.59 Å². The molecular weight excluding hydrogens is 328 g/mol. The lowest BCUT2D eigenvalue weighted by Crippen LogP contribution is -2.20. The van der Waals surface area contributed by atoms with Gasteiger partial charge in [-0.15, -0.1) is 0 Å². The van der Waals surface area contributed by atoms with Gasteiger partial charge in [-0.3, -0.25) is 9.59 Å². The Bertz CT molecular complexity index is 959. The number of carbonyl (C=O) groups excluding carboxylic acids is 2. The first kappa shape index (κ1) is 17.4. The number of nitrogens with zero attached hydrogens (tertiary/aromatic N) is 1. The summed E-state index contributed by atoms with van der Waals surface area (Å²) in [7, 11) is 0. The lowest BCUT2D eigenvalue weighted by Gasteiger charge is -2.05. The van der Waals surface area contributed by atoms with Crippen molar-refractivity contribution in [2.24, 2.45) is 5.10 Å². The van der Waals surface area contributed by atoms with Crippen molar-refractivity contribution in [3.05, 3.63) is 65.9 Å². The minimum atomic E-state index is -0.305. The van der Waals surface area contributed by atoms with Gasteiger partial charge in [-0.25, -0.2) is 5.43 Å². The van der Waals surface area contributed by atoms with Gasteiger partial charge >= 0.3 is 0 Å². The van der Waals surface area contributed by atoms with E-state index in [1.165, 1.54) is 0 Å². The number of hydrogen-bond donors (Lipinski definition) is 3. The molecule has 3 aromatic rings. The summed E-state index contributed by atoms with van der Waals surface area (Å²) in [5.74, 6) is -0.508. The predicted molar refractivity (Wildman–Crippen MR) is 103 cm³/mol. The van der Waals surface area contributed by atoms with Gasteiger partial charge in [0.25, 0.3) is 0 Å². The number of fused-ring (bicyclic) bond motifs is 1. The number of aromatic amines is 1. The van der Waals surface area contributed by atoms with Crippen LogP contribution in [0.2, 0.25) is 0 Å². The molecule has 0 aliphatic rings. The third kappa shape index (κ3) is 4.57. The summed E-state index contributed by atoms with van der Waals surface area (Å²) in [5.41, 5.74) is 6.14. The van der Waals surface area contributed by atoms with Gasteiger partial charge in [-0.05, 0) is 30.7 Å². The summed E-state index contributed by atoms with van der Waals surface area (Å²) < 4.78 is 0. The molecule has 1 aromatic heterocycles. The Morgan fingerprint density at radius 1 is 1.08 bits per heavy atom. The molecule has 6 heteroatoms. The molecule has 0 saturated carbocycles. The fourth-order valence-corrected chi connectivity index (χ4v) is 2.60. The molecule has 2 aromatic carbocycles. The van der Waals surface area contributed by atoms with E-state index in [0.717, 1.165) is 27.7 Å². The third-order valence-electron chi connectivity index (χ3n) is 3.90. The number of nitrogens with one attached hydrogen (secondary N) is 3. The van der Waals surface area contributed by atoms with E-state index in [1.807, 2.05) is 61.7 Å². The molecule has 0 radical (unpaired) electrons. The van der Waals surface area contributed by atoms with Crippen LogP contribution < -0.4 is 10.7 Å². The van der Waals surface area contributed by atoms with E-state index in [0.29, 0.717) is 0 Å². The monoisotopic (exact) mass is 348 g/mol. The smallest absolute Gasteiger partial charge is 0.240 e. The largest absolute Gasteiger partial charge is 0.361 e. The average molecular weight is 348 g/mol. The average Bonchev–Trinajstić information content (AvgIpc) is 3.03. The zero-order valence-electron chi connectivity index (χ0n) is 14.5. The Kier molecular flexibility index (Phi) is 5.43. The molecule has 6 nitrogen and oxygen atoms in total. The van der Waals surface area contributed by atoms with Crippen molar-refractivity contribution in [3.63, 3.8) is 0 Å². The van der Waals surface area contributed by atoms with Crippen molar-refractivity contribution in [2.45, 2.75) is 19.8 Å². The van der Waals surface area contributed by atoms with Gasteiger partial charge in [0.05, 0.1) is 6.21 Å². The number of aromatic nitrogens is 1.